The van der Waals surface area contributed by atoms with Crippen molar-refractivity contribution in [2.75, 3.05) is 5.32 Å². The van der Waals surface area contributed by atoms with Gasteiger partial charge >= 0.3 is 0 Å². The van der Waals surface area contributed by atoms with E-state index in [4.69, 9.17) is 11.6 Å². The number of carbonyl (C=O) groups excluding carboxylic acids is 1. The van der Waals surface area contributed by atoms with Crippen molar-refractivity contribution in [3.05, 3.63) is 70.1 Å². The Bertz CT molecular complexity index is 870. The zero-order valence-electron chi connectivity index (χ0n) is 16.0. The average molecular weight is 413 g/mol. The molecule has 1 saturated carbocycles. The fourth-order valence-electron chi connectivity index (χ4n) is 4.10. The Hall–Kier alpha value is -1.91. The first-order chi connectivity index (χ1) is 13.6. The molecule has 2 fully saturated rings. The molecule has 5 heteroatoms. The molecule has 0 radical (unpaired) electrons. The number of benzene rings is 2. The first-order valence-electron chi connectivity index (χ1n) is 9.90. The van der Waals surface area contributed by atoms with E-state index in [1.165, 1.54) is 19.3 Å². The number of nitrogens with one attached hydrogen (secondary N) is 1. The maximum atomic E-state index is 13.4. The van der Waals surface area contributed by atoms with Crippen LogP contribution in [0.25, 0.3) is 6.08 Å². The monoisotopic (exact) mass is 412 g/mol. The molecule has 1 heterocycles. The zero-order chi connectivity index (χ0) is 19.5. The van der Waals surface area contributed by atoms with E-state index in [0.717, 1.165) is 22.6 Å². The molecule has 0 aromatic heterocycles. The Morgan fingerprint density at radius 3 is 2.54 bits per heavy atom. The summed E-state index contributed by atoms with van der Waals surface area (Å²) in [4.78, 5) is 16.2. The van der Waals surface area contributed by atoms with Gasteiger partial charge in [0.05, 0.1) is 4.91 Å². The maximum absolute atomic E-state index is 13.4. The summed E-state index contributed by atoms with van der Waals surface area (Å²) in [5.74, 6) is 0.620. The summed E-state index contributed by atoms with van der Waals surface area (Å²) >= 11 is 7.92. The summed E-state index contributed by atoms with van der Waals surface area (Å²) in [5, 5.41) is 4.23. The summed E-state index contributed by atoms with van der Waals surface area (Å²) in [7, 11) is 0. The fourth-order valence-corrected chi connectivity index (χ4v) is 5.49. The second-order valence-corrected chi connectivity index (χ2v) is 9.08. The number of rotatable bonds is 4. The molecular formula is C23H25ClN2OS. The van der Waals surface area contributed by atoms with Crippen molar-refractivity contribution >= 4 is 41.0 Å². The molecule has 2 aliphatic rings. The van der Waals surface area contributed by atoms with Crippen LogP contribution < -0.4 is 5.32 Å². The molecule has 1 saturated heterocycles. The topological polar surface area (TPSA) is 32.3 Å². The summed E-state index contributed by atoms with van der Waals surface area (Å²) in [6, 6.07) is 18.1. The van der Waals surface area contributed by atoms with Crippen LogP contribution in [0.4, 0.5) is 5.69 Å². The molecule has 1 amide bonds. The van der Waals surface area contributed by atoms with Gasteiger partial charge in [0.1, 0.15) is 0 Å². The lowest BCUT2D eigenvalue weighted by atomic mass is 9.85. The molecule has 1 aliphatic carbocycles. The molecule has 1 aliphatic heterocycles. The molecule has 146 valence electrons. The van der Waals surface area contributed by atoms with Crippen molar-refractivity contribution in [2.24, 2.45) is 5.92 Å². The van der Waals surface area contributed by atoms with Gasteiger partial charge in [0.15, 0.2) is 5.50 Å². The minimum atomic E-state index is -0.103. The lowest BCUT2D eigenvalue weighted by Crippen LogP contribution is -2.48. The van der Waals surface area contributed by atoms with Gasteiger partial charge in [0.2, 0.25) is 0 Å². The van der Waals surface area contributed by atoms with Gasteiger partial charge < -0.3 is 10.2 Å². The number of halogens is 1. The third-order valence-corrected chi connectivity index (χ3v) is 7.07. The van der Waals surface area contributed by atoms with Gasteiger partial charge in [0, 0.05) is 16.8 Å². The normalized spacial score (nSPS) is 26.6. The van der Waals surface area contributed by atoms with Gasteiger partial charge in [0.25, 0.3) is 5.91 Å². The third-order valence-electron chi connectivity index (χ3n) is 5.62. The second kappa shape index (κ2) is 8.62. The lowest BCUT2D eigenvalue weighted by Gasteiger charge is -2.39. The summed E-state index contributed by atoms with van der Waals surface area (Å²) < 4.78 is 0. The molecule has 0 spiro atoms. The van der Waals surface area contributed by atoms with Crippen molar-refractivity contribution in [1.82, 2.24) is 4.90 Å². The number of amides is 1. The fraction of sp³-hybridized carbons (Fsp3) is 0.348. The predicted octanol–water partition coefficient (Wildman–Crippen LogP) is 6.23. The van der Waals surface area contributed by atoms with E-state index in [0.29, 0.717) is 10.9 Å². The van der Waals surface area contributed by atoms with E-state index in [9.17, 15) is 4.79 Å². The zero-order valence-corrected chi connectivity index (χ0v) is 17.5. The molecule has 3 atom stereocenters. The lowest BCUT2D eigenvalue weighted by molar-refractivity contribution is -0.129. The van der Waals surface area contributed by atoms with Crippen LogP contribution in [0.3, 0.4) is 0 Å². The number of anilines is 1. The minimum absolute atomic E-state index is 0.103. The number of thioether (sulfide) groups is 1. The molecule has 3 nitrogen and oxygen atoms in total. The van der Waals surface area contributed by atoms with Crippen molar-refractivity contribution in [1.29, 1.82) is 0 Å². The molecule has 2 aromatic rings. The summed E-state index contributed by atoms with van der Waals surface area (Å²) in [5.41, 5.74) is 1.81. The van der Waals surface area contributed by atoms with Crippen LogP contribution in [-0.2, 0) is 4.79 Å². The smallest absolute Gasteiger partial charge is 0.262 e. The number of nitrogens with zero attached hydrogens (tertiary/aromatic N) is 1. The van der Waals surface area contributed by atoms with Crippen LogP contribution in [0.5, 0.6) is 0 Å². The van der Waals surface area contributed by atoms with E-state index < -0.39 is 0 Å². The highest BCUT2D eigenvalue weighted by Gasteiger charge is 2.42. The molecule has 28 heavy (non-hydrogen) atoms. The Morgan fingerprint density at radius 1 is 1.07 bits per heavy atom. The Kier molecular flexibility index (Phi) is 5.98. The van der Waals surface area contributed by atoms with Gasteiger partial charge in [-0.15, -0.1) is 0 Å². The molecule has 4 rings (SSSR count). The van der Waals surface area contributed by atoms with E-state index in [-0.39, 0.29) is 17.4 Å². The number of hydrogen-bond acceptors (Lipinski definition) is 3. The maximum Gasteiger partial charge on any atom is 0.262 e. The number of para-hydroxylation sites is 1. The Balaban J connectivity index is 1.66. The van der Waals surface area contributed by atoms with Gasteiger partial charge in [-0.1, -0.05) is 79.5 Å². The van der Waals surface area contributed by atoms with Gasteiger partial charge in [-0.25, -0.2) is 0 Å². The highest BCUT2D eigenvalue weighted by molar-refractivity contribution is 8.05. The van der Waals surface area contributed by atoms with E-state index in [1.807, 2.05) is 60.7 Å². The Labute approximate surface area is 176 Å². The minimum Gasteiger partial charge on any atom is -0.356 e. The summed E-state index contributed by atoms with van der Waals surface area (Å²) in [6.45, 7) is 2.27. The van der Waals surface area contributed by atoms with Gasteiger partial charge in [-0.3, -0.25) is 4.79 Å². The largest absolute Gasteiger partial charge is 0.356 e. The van der Waals surface area contributed by atoms with Crippen molar-refractivity contribution in [3.8, 4) is 0 Å². The SMILES string of the molecule is C[C@H]1CCCC[C@H]1N1C(=O)/C(=C/c2ccccc2Cl)SC1Nc1ccccc1. The quantitative estimate of drug-likeness (QED) is 0.604. The van der Waals surface area contributed by atoms with Crippen molar-refractivity contribution < 1.29 is 4.79 Å². The van der Waals surface area contributed by atoms with Crippen molar-refractivity contribution in [3.63, 3.8) is 0 Å². The second-order valence-electron chi connectivity index (χ2n) is 7.55. The third kappa shape index (κ3) is 4.08. The number of carbonyl (C=O) groups is 1. The average Bonchev–Trinajstić information content (AvgIpc) is 3.00. The molecule has 1 unspecified atom stereocenters. The van der Waals surface area contributed by atoms with Gasteiger partial charge in [-0.05, 0) is 48.6 Å². The van der Waals surface area contributed by atoms with Crippen molar-refractivity contribution in [2.45, 2.75) is 44.1 Å². The van der Waals surface area contributed by atoms with Crippen LogP contribution in [0.2, 0.25) is 5.02 Å². The van der Waals surface area contributed by atoms with Crippen LogP contribution in [0, 0.1) is 5.92 Å². The number of hydrogen-bond donors (Lipinski definition) is 1. The van der Waals surface area contributed by atoms with Crippen LogP contribution in [0.1, 0.15) is 38.2 Å². The highest BCUT2D eigenvalue weighted by atomic mass is 35.5. The van der Waals surface area contributed by atoms with Crippen LogP contribution >= 0.6 is 23.4 Å². The van der Waals surface area contributed by atoms with E-state index >= 15 is 0 Å². The standard InChI is InChI=1S/C23H25ClN2OS/c1-16-9-5-8-14-20(16)26-22(27)21(15-17-10-6-7-13-19(17)24)28-23(26)25-18-11-3-2-4-12-18/h2-4,6-7,10-13,15-16,20,23,25H,5,8-9,14H2,1H3/b21-15-/t16-,20+,23?/m0/s1. The van der Waals surface area contributed by atoms with Crippen LogP contribution in [-0.4, -0.2) is 22.3 Å². The predicted molar refractivity (Wildman–Crippen MR) is 119 cm³/mol. The van der Waals surface area contributed by atoms with E-state index in [1.54, 1.807) is 11.8 Å². The molecular weight excluding hydrogens is 388 g/mol. The first kappa shape index (κ1) is 19.4. The molecule has 2 aromatic carbocycles. The highest BCUT2D eigenvalue weighted by Crippen LogP contribution is 2.42. The molecule has 1 N–H and O–H groups in total. The summed E-state index contributed by atoms with van der Waals surface area (Å²) in [6.07, 6.45) is 6.63. The van der Waals surface area contributed by atoms with E-state index in [2.05, 4.69) is 17.1 Å². The Morgan fingerprint density at radius 2 is 1.79 bits per heavy atom. The molecule has 0 bridgehead atoms. The van der Waals surface area contributed by atoms with Gasteiger partial charge in [-0.2, -0.15) is 0 Å². The van der Waals surface area contributed by atoms with Crippen LogP contribution in [0.15, 0.2) is 59.5 Å². The first-order valence-corrected chi connectivity index (χ1v) is 11.2.